The maximum absolute atomic E-state index is 11.3. The number of carbonyl (C=O) groups excluding carboxylic acids is 1. The van der Waals surface area contributed by atoms with Gasteiger partial charge in [0, 0.05) is 19.8 Å². The van der Waals surface area contributed by atoms with Gasteiger partial charge in [0.1, 0.15) is 6.61 Å². The molecule has 0 atom stereocenters. The van der Waals surface area contributed by atoms with Crippen LogP contribution in [0.3, 0.4) is 0 Å². The molecule has 3 nitrogen and oxygen atoms in total. The van der Waals surface area contributed by atoms with Crippen LogP contribution in [0.15, 0.2) is 0 Å². The molecule has 0 saturated heterocycles. The molecular formula is C12H25O3P. The smallest absolute Gasteiger partial charge is 0.197 e. The summed E-state index contributed by atoms with van der Waals surface area (Å²) in [6, 6.07) is 0. The van der Waals surface area contributed by atoms with Crippen molar-refractivity contribution >= 4 is 13.2 Å². The lowest BCUT2D eigenvalue weighted by Gasteiger charge is -2.07. The molecule has 0 bridgehead atoms. The topological polar surface area (TPSA) is 43.4 Å². The second-order valence-electron chi connectivity index (χ2n) is 4.58. The van der Waals surface area contributed by atoms with Crippen LogP contribution in [0, 0.1) is 0 Å². The zero-order valence-electron chi connectivity index (χ0n) is 10.8. The molecule has 0 saturated carbocycles. The summed E-state index contributed by atoms with van der Waals surface area (Å²) in [4.78, 5) is 11.3. The van der Waals surface area contributed by atoms with Gasteiger partial charge in [0.15, 0.2) is 13.2 Å². The number of Topliss-reactive ketones (excluding diaryl/α,β-unsaturated/α-hetero) is 1. The molecule has 16 heavy (non-hydrogen) atoms. The number of unbranched alkanes of at least 4 members (excludes halogenated alkanes) is 5. The van der Waals surface area contributed by atoms with Gasteiger partial charge >= 0.3 is 0 Å². The molecule has 0 rings (SSSR count). The fourth-order valence-electron chi connectivity index (χ4n) is 1.40. The van der Waals surface area contributed by atoms with Gasteiger partial charge in [-0.3, -0.25) is 9.36 Å². The lowest BCUT2D eigenvalue weighted by molar-refractivity contribution is -0.121. The Labute approximate surface area is 99.4 Å². The maximum Gasteiger partial charge on any atom is 0.197 e. The van der Waals surface area contributed by atoms with Crippen LogP contribution in [0.25, 0.3) is 0 Å². The van der Waals surface area contributed by atoms with Crippen molar-refractivity contribution in [1.29, 1.82) is 0 Å². The number of ketones is 1. The minimum absolute atomic E-state index is 0.0131. The molecule has 0 spiro atoms. The second-order valence-corrected chi connectivity index (χ2v) is 7.34. The summed E-state index contributed by atoms with van der Waals surface area (Å²) in [5.41, 5.74) is 0. The first kappa shape index (κ1) is 15.9. The molecule has 0 heterocycles. The van der Waals surface area contributed by atoms with Crippen LogP contribution in [-0.2, 0) is 13.9 Å². The Morgan fingerprint density at radius 1 is 1.06 bits per heavy atom. The van der Waals surface area contributed by atoms with Crippen LogP contribution in [0.1, 0.15) is 51.9 Å². The first-order valence-electron chi connectivity index (χ1n) is 6.17. The summed E-state index contributed by atoms with van der Waals surface area (Å²) in [6.45, 7) is 5.27. The Kier molecular flexibility index (Phi) is 8.87. The zero-order valence-corrected chi connectivity index (χ0v) is 11.7. The summed E-state index contributed by atoms with van der Waals surface area (Å²) in [5.74, 6) is 0.0689. The van der Waals surface area contributed by atoms with E-state index in [4.69, 9.17) is 4.52 Å². The molecule has 0 aromatic heterocycles. The van der Waals surface area contributed by atoms with E-state index in [1.807, 2.05) is 0 Å². The first-order chi connectivity index (χ1) is 7.45. The van der Waals surface area contributed by atoms with E-state index in [1.165, 1.54) is 39.0 Å². The SMILES string of the molecule is CCCCCCCCC(=O)COP(C)(C)=O. The first-order valence-corrected chi connectivity index (χ1v) is 8.69. The predicted molar refractivity (Wildman–Crippen MR) is 68.4 cm³/mol. The lowest BCUT2D eigenvalue weighted by atomic mass is 10.1. The minimum atomic E-state index is -2.49. The Bertz CT molecular complexity index is 232. The normalized spacial score (nSPS) is 11.7. The van der Waals surface area contributed by atoms with Gasteiger partial charge in [0.25, 0.3) is 0 Å². The third-order valence-corrected chi connectivity index (χ3v) is 3.10. The molecule has 0 amide bonds. The van der Waals surface area contributed by atoms with Gasteiger partial charge in [-0.2, -0.15) is 0 Å². The summed E-state index contributed by atoms with van der Waals surface area (Å²) in [7, 11) is -2.49. The van der Waals surface area contributed by atoms with Crippen LogP contribution < -0.4 is 0 Å². The molecule has 0 aromatic carbocycles. The van der Waals surface area contributed by atoms with Crippen LogP contribution in [0.5, 0.6) is 0 Å². The Hall–Kier alpha value is -0.140. The predicted octanol–water partition coefficient (Wildman–Crippen LogP) is 3.86. The van der Waals surface area contributed by atoms with Crippen molar-refractivity contribution < 1.29 is 13.9 Å². The Morgan fingerprint density at radius 2 is 1.62 bits per heavy atom. The quantitative estimate of drug-likeness (QED) is 0.435. The number of hydrogen-bond acceptors (Lipinski definition) is 3. The van der Waals surface area contributed by atoms with E-state index >= 15 is 0 Å². The fourth-order valence-corrected chi connectivity index (χ4v) is 1.86. The minimum Gasteiger partial charge on any atom is -0.321 e. The summed E-state index contributed by atoms with van der Waals surface area (Å²) < 4.78 is 16.2. The van der Waals surface area contributed by atoms with E-state index in [9.17, 15) is 9.36 Å². The molecule has 96 valence electrons. The molecule has 0 unspecified atom stereocenters. The molecule has 0 aliphatic carbocycles. The number of hydrogen-bond donors (Lipinski definition) is 0. The van der Waals surface area contributed by atoms with Crippen molar-refractivity contribution in [1.82, 2.24) is 0 Å². The van der Waals surface area contributed by atoms with Crippen molar-refractivity contribution in [2.45, 2.75) is 51.9 Å². The Balaban J connectivity index is 3.34. The van der Waals surface area contributed by atoms with Crippen molar-refractivity contribution in [3.05, 3.63) is 0 Å². The Morgan fingerprint density at radius 3 is 2.19 bits per heavy atom. The van der Waals surface area contributed by atoms with Crippen molar-refractivity contribution in [3.8, 4) is 0 Å². The van der Waals surface area contributed by atoms with Gasteiger partial charge < -0.3 is 4.52 Å². The highest BCUT2D eigenvalue weighted by Gasteiger charge is 2.10. The molecule has 0 aromatic rings. The van der Waals surface area contributed by atoms with Gasteiger partial charge in [0.05, 0.1) is 0 Å². The number of carbonyl (C=O) groups is 1. The van der Waals surface area contributed by atoms with Crippen LogP contribution in [-0.4, -0.2) is 25.7 Å². The molecule has 0 aliphatic rings. The van der Waals surface area contributed by atoms with E-state index in [0.717, 1.165) is 12.8 Å². The second kappa shape index (κ2) is 8.95. The fraction of sp³-hybridized carbons (Fsp3) is 0.917. The van der Waals surface area contributed by atoms with Crippen LogP contribution in [0.4, 0.5) is 0 Å². The van der Waals surface area contributed by atoms with Gasteiger partial charge in [-0.1, -0.05) is 39.0 Å². The molecule has 0 radical (unpaired) electrons. The number of rotatable bonds is 10. The van der Waals surface area contributed by atoms with Gasteiger partial charge in [0.2, 0.25) is 0 Å². The lowest BCUT2D eigenvalue weighted by Crippen LogP contribution is -2.06. The van der Waals surface area contributed by atoms with Crippen molar-refractivity contribution in [3.63, 3.8) is 0 Å². The maximum atomic E-state index is 11.3. The molecule has 0 aliphatic heterocycles. The monoisotopic (exact) mass is 248 g/mol. The van der Waals surface area contributed by atoms with Gasteiger partial charge in [-0.15, -0.1) is 0 Å². The third-order valence-electron chi connectivity index (χ3n) is 2.35. The van der Waals surface area contributed by atoms with E-state index < -0.39 is 7.37 Å². The largest absolute Gasteiger partial charge is 0.321 e. The molecule has 0 N–H and O–H groups in total. The average Bonchev–Trinajstić information content (AvgIpc) is 2.19. The van der Waals surface area contributed by atoms with Crippen molar-refractivity contribution in [2.75, 3.05) is 19.9 Å². The highest BCUT2D eigenvalue weighted by molar-refractivity contribution is 7.57. The van der Waals surface area contributed by atoms with E-state index in [0.29, 0.717) is 6.42 Å². The highest BCUT2D eigenvalue weighted by Crippen LogP contribution is 2.36. The van der Waals surface area contributed by atoms with E-state index in [-0.39, 0.29) is 12.4 Å². The highest BCUT2D eigenvalue weighted by atomic mass is 31.2. The van der Waals surface area contributed by atoms with Gasteiger partial charge in [-0.05, 0) is 6.42 Å². The van der Waals surface area contributed by atoms with Crippen molar-refractivity contribution in [2.24, 2.45) is 0 Å². The van der Waals surface area contributed by atoms with E-state index in [1.54, 1.807) is 0 Å². The standard InChI is InChI=1S/C12H25O3P/c1-4-5-6-7-8-9-10-12(13)11-15-16(2,3)14/h4-11H2,1-3H3. The third kappa shape index (κ3) is 11.9. The summed E-state index contributed by atoms with van der Waals surface area (Å²) >= 11 is 0. The van der Waals surface area contributed by atoms with Gasteiger partial charge in [-0.25, -0.2) is 0 Å². The van der Waals surface area contributed by atoms with E-state index in [2.05, 4.69) is 6.92 Å². The van der Waals surface area contributed by atoms with Crippen LogP contribution >= 0.6 is 7.37 Å². The summed E-state index contributed by atoms with van der Waals surface area (Å²) in [5, 5.41) is 0. The molecule has 4 heteroatoms. The average molecular weight is 248 g/mol. The van der Waals surface area contributed by atoms with Crippen LogP contribution in [0.2, 0.25) is 0 Å². The molecule has 0 fully saturated rings. The molecular weight excluding hydrogens is 223 g/mol. The summed E-state index contributed by atoms with van der Waals surface area (Å²) in [6.07, 6.45) is 7.61. The zero-order chi connectivity index (χ0) is 12.4.